The van der Waals surface area contributed by atoms with E-state index in [0.29, 0.717) is 6.04 Å². The van der Waals surface area contributed by atoms with E-state index in [1.54, 1.807) is 7.11 Å². The Morgan fingerprint density at radius 3 is 2.47 bits per heavy atom. The van der Waals surface area contributed by atoms with Gasteiger partial charge in [0.25, 0.3) is 0 Å². The maximum absolute atomic E-state index is 5.67. The van der Waals surface area contributed by atoms with Crippen molar-refractivity contribution in [3.8, 4) is 0 Å². The van der Waals surface area contributed by atoms with Crippen LogP contribution in [0.5, 0.6) is 0 Å². The van der Waals surface area contributed by atoms with Gasteiger partial charge in [-0.3, -0.25) is 4.90 Å². The van der Waals surface area contributed by atoms with E-state index in [-0.39, 0.29) is 0 Å². The average molecular weight is 236 g/mol. The van der Waals surface area contributed by atoms with E-state index in [1.165, 1.54) is 5.56 Å². The van der Waals surface area contributed by atoms with Crippen LogP contribution in [0.15, 0.2) is 24.3 Å². The van der Waals surface area contributed by atoms with Crippen LogP contribution in [-0.2, 0) is 11.2 Å². The molecule has 96 valence electrons. The lowest BCUT2D eigenvalue weighted by Crippen LogP contribution is -2.37. The van der Waals surface area contributed by atoms with Gasteiger partial charge in [0.1, 0.15) is 0 Å². The Morgan fingerprint density at radius 1 is 1.29 bits per heavy atom. The summed E-state index contributed by atoms with van der Waals surface area (Å²) >= 11 is 0. The Morgan fingerprint density at radius 2 is 1.94 bits per heavy atom. The highest BCUT2D eigenvalue weighted by Gasteiger charge is 2.11. The maximum Gasteiger partial charge on any atom is 0.0615 e. The summed E-state index contributed by atoms with van der Waals surface area (Å²) < 4.78 is 5.20. The first-order valence-electron chi connectivity index (χ1n) is 6.24. The van der Waals surface area contributed by atoms with Crippen LogP contribution in [0.2, 0.25) is 0 Å². The van der Waals surface area contributed by atoms with E-state index in [4.69, 9.17) is 10.5 Å². The number of hydrogen-bond donors (Lipinski definition) is 1. The van der Waals surface area contributed by atoms with Crippen molar-refractivity contribution in [2.75, 3.05) is 32.5 Å². The third-order valence-electron chi connectivity index (χ3n) is 3.10. The van der Waals surface area contributed by atoms with Crippen LogP contribution in [0, 0.1) is 0 Å². The van der Waals surface area contributed by atoms with Crippen molar-refractivity contribution >= 4 is 5.69 Å². The molecule has 3 nitrogen and oxygen atoms in total. The molecule has 17 heavy (non-hydrogen) atoms. The molecule has 0 spiro atoms. The second-order valence-electron chi connectivity index (χ2n) is 4.42. The summed E-state index contributed by atoms with van der Waals surface area (Å²) in [6.07, 6.45) is 1.06. The lowest BCUT2D eigenvalue weighted by Gasteiger charge is -2.27. The number of nitrogen functional groups attached to an aromatic ring is 1. The van der Waals surface area contributed by atoms with Crippen molar-refractivity contribution in [1.82, 2.24) is 4.90 Å². The van der Waals surface area contributed by atoms with Gasteiger partial charge < -0.3 is 10.5 Å². The van der Waals surface area contributed by atoms with Gasteiger partial charge in [0, 0.05) is 25.4 Å². The summed E-state index contributed by atoms with van der Waals surface area (Å²) in [6.45, 7) is 7.30. The van der Waals surface area contributed by atoms with Gasteiger partial charge in [0.2, 0.25) is 0 Å². The van der Waals surface area contributed by atoms with Crippen LogP contribution in [0.3, 0.4) is 0 Å². The Bertz CT molecular complexity index is 311. The topological polar surface area (TPSA) is 38.5 Å². The molecule has 0 fully saturated rings. The van der Waals surface area contributed by atoms with Crippen LogP contribution in [0.1, 0.15) is 19.4 Å². The molecule has 0 aromatic heterocycles. The zero-order valence-corrected chi connectivity index (χ0v) is 11.1. The molecule has 1 aromatic rings. The molecule has 0 saturated heterocycles. The van der Waals surface area contributed by atoms with Crippen molar-refractivity contribution in [2.24, 2.45) is 0 Å². The van der Waals surface area contributed by atoms with E-state index < -0.39 is 0 Å². The molecule has 0 radical (unpaired) electrons. The van der Waals surface area contributed by atoms with Gasteiger partial charge in [-0.2, -0.15) is 0 Å². The molecule has 0 bridgehead atoms. The summed E-state index contributed by atoms with van der Waals surface area (Å²) in [4.78, 5) is 2.43. The summed E-state index contributed by atoms with van der Waals surface area (Å²) in [7, 11) is 1.75. The molecule has 0 aliphatic carbocycles. The molecule has 3 heteroatoms. The van der Waals surface area contributed by atoms with E-state index in [2.05, 4.69) is 30.9 Å². The number of nitrogens with two attached hydrogens (primary N) is 1. The Balaban J connectivity index is 2.44. The molecular formula is C14H24N2O. The van der Waals surface area contributed by atoms with Crippen LogP contribution in [0.4, 0.5) is 5.69 Å². The molecule has 0 aliphatic heterocycles. The summed E-state index contributed by atoms with van der Waals surface area (Å²) in [5.41, 5.74) is 7.83. The summed E-state index contributed by atoms with van der Waals surface area (Å²) in [5, 5.41) is 0. The molecular weight excluding hydrogens is 212 g/mol. The Hall–Kier alpha value is -1.06. The van der Waals surface area contributed by atoms with E-state index in [1.807, 2.05) is 12.1 Å². The first-order chi connectivity index (χ1) is 8.17. The lowest BCUT2D eigenvalue weighted by atomic mass is 10.1. The van der Waals surface area contributed by atoms with Gasteiger partial charge in [-0.25, -0.2) is 0 Å². The van der Waals surface area contributed by atoms with Crippen LogP contribution in [-0.4, -0.2) is 37.7 Å². The number of ether oxygens (including phenoxy) is 1. The minimum Gasteiger partial charge on any atom is -0.399 e. The first-order valence-corrected chi connectivity index (χ1v) is 6.24. The van der Waals surface area contributed by atoms with Gasteiger partial charge in [-0.05, 0) is 37.6 Å². The number of anilines is 1. The van der Waals surface area contributed by atoms with Gasteiger partial charge in [-0.1, -0.05) is 19.1 Å². The van der Waals surface area contributed by atoms with Gasteiger partial charge >= 0.3 is 0 Å². The fourth-order valence-corrected chi connectivity index (χ4v) is 1.99. The van der Waals surface area contributed by atoms with Crippen LogP contribution >= 0.6 is 0 Å². The zero-order valence-electron chi connectivity index (χ0n) is 11.1. The van der Waals surface area contributed by atoms with Crippen molar-refractivity contribution in [3.63, 3.8) is 0 Å². The second-order valence-corrected chi connectivity index (χ2v) is 4.42. The molecule has 0 saturated carbocycles. The normalized spacial score (nSPS) is 12.9. The fourth-order valence-electron chi connectivity index (χ4n) is 1.99. The monoisotopic (exact) mass is 236 g/mol. The fraction of sp³-hybridized carbons (Fsp3) is 0.571. The Labute approximate surface area is 105 Å². The Kier molecular flexibility index (Phi) is 6.01. The molecule has 0 aliphatic rings. The van der Waals surface area contributed by atoms with Crippen LogP contribution in [0.25, 0.3) is 0 Å². The maximum atomic E-state index is 5.67. The minimum absolute atomic E-state index is 0.471. The number of rotatable bonds is 7. The van der Waals surface area contributed by atoms with Crippen molar-refractivity contribution < 1.29 is 4.74 Å². The van der Waals surface area contributed by atoms with Crippen molar-refractivity contribution in [1.29, 1.82) is 0 Å². The van der Waals surface area contributed by atoms with Gasteiger partial charge in [0.15, 0.2) is 0 Å². The van der Waals surface area contributed by atoms with E-state index in [0.717, 1.165) is 31.8 Å². The molecule has 1 aromatic carbocycles. The lowest BCUT2D eigenvalue weighted by molar-refractivity contribution is 0.103. The van der Waals surface area contributed by atoms with E-state index in [9.17, 15) is 0 Å². The van der Waals surface area contributed by atoms with Crippen LogP contribution < -0.4 is 5.73 Å². The molecule has 1 rings (SSSR count). The quantitative estimate of drug-likeness (QED) is 0.737. The molecule has 2 N–H and O–H groups in total. The van der Waals surface area contributed by atoms with E-state index >= 15 is 0 Å². The highest BCUT2D eigenvalue weighted by Crippen LogP contribution is 2.08. The SMILES string of the molecule is CCN(CCc1ccc(N)cc1)C(C)COC. The number of benzene rings is 1. The standard InChI is InChI=1S/C14H24N2O/c1-4-16(12(2)11-17-3)10-9-13-5-7-14(15)8-6-13/h5-8,12H,4,9-11,15H2,1-3H3. The number of hydrogen-bond acceptors (Lipinski definition) is 3. The molecule has 1 atom stereocenters. The minimum atomic E-state index is 0.471. The largest absolute Gasteiger partial charge is 0.399 e. The van der Waals surface area contributed by atoms with Crippen molar-refractivity contribution in [3.05, 3.63) is 29.8 Å². The second kappa shape index (κ2) is 7.30. The number of nitrogens with zero attached hydrogens (tertiary/aromatic N) is 1. The smallest absolute Gasteiger partial charge is 0.0615 e. The molecule has 0 amide bonds. The number of methoxy groups -OCH3 is 1. The molecule has 1 unspecified atom stereocenters. The van der Waals surface area contributed by atoms with Crippen molar-refractivity contribution in [2.45, 2.75) is 26.3 Å². The predicted octanol–water partition coefficient (Wildman–Crippen LogP) is 2.17. The number of likely N-dealkylation sites (N-methyl/N-ethyl adjacent to an activating group) is 1. The third-order valence-corrected chi connectivity index (χ3v) is 3.10. The van der Waals surface area contributed by atoms with Gasteiger partial charge in [-0.15, -0.1) is 0 Å². The highest BCUT2D eigenvalue weighted by atomic mass is 16.5. The first kappa shape index (κ1) is 14.0. The predicted molar refractivity (Wildman–Crippen MR) is 73.1 cm³/mol. The highest BCUT2D eigenvalue weighted by molar-refractivity contribution is 5.39. The summed E-state index contributed by atoms with van der Waals surface area (Å²) in [5.74, 6) is 0. The zero-order chi connectivity index (χ0) is 12.7. The summed E-state index contributed by atoms with van der Waals surface area (Å²) in [6, 6.07) is 8.60. The third kappa shape index (κ3) is 4.75. The average Bonchev–Trinajstić information content (AvgIpc) is 2.32. The van der Waals surface area contributed by atoms with Gasteiger partial charge in [0.05, 0.1) is 6.61 Å². The molecule has 0 heterocycles.